The van der Waals surface area contributed by atoms with E-state index in [9.17, 15) is 0 Å². The Bertz CT molecular complexity index is 250. The molecule has 0 saturated heterocycles. The number of rotatable bonds is 2. The third-order valence-electron chi connectivity index (χ3n) is 2.27. The lowest BCUT2D eigenvalue weighted by Gasteiger charge is -2.24. The number of nitrogens with zero attached hydrogens (tertiary/aromatic N) is 2. The van der Waals surface area contributed by atoms with E-state index in [1.807, 2.05) is 11.8 Å². The van der Waals surface area contributed by atoms with Crippen LogP contribution in [0.5, 0.6) is 0 Å². The summed E-state index contributed by atoms with van der Waals surface area (Å²) < 4.78 is 1.08. The Morgan fingerprint density at radius 3 is 3.15 bits per heavy atom. The van der Waals surface area contributed by atoms with Crippen LogP contribution in [0.4, 0.5) is 0 Å². The predicted octanol–water partition coefficient (Wildman–Crippen LogP) is 1.90. The summed E-state index contributed by atoms with van der Waals surface area (Å²) in [5.74, 6) is 0. The molecule has 1 aromatic rings. The first kappa shape index (κ1) is 9.43. The summed E-state index contributed by atoms with van der Waals surface area (Å²) >= 11 is 3.46. The molecule has 1 heterocycles. The predicted molar refractivity (Wildman–Crippen MR) is 56.0 cm³/mol. The van der Waals surface area contributed by atoms with E-state index in [-0.39, 0.29) is 0 Å². The van der Waals surface area contributed by atoms with Gasteiger partial charge in [0.15, 0.2) is 4.34 Å². The fourth-order valence-electron chi connectivity index (χ4n) is 1.64. The van der Waals surface area contributed by atoms with Crippen molar-refractivity contribution in [2.45, 2.75) is 41.3 Å². The number of thioether (sulfide) groups is 1. The molecule has 0 bridgehead atoms. The maximum atomic E-state index is 5.91. The van der Waals surface area contributed by atoms with Gasteiger partial charge in [-0.3, -0.25) is 0 Å². The van der Waals surface area contributed by atoms with Crippen molar-refractivity contribution in [3.8, 4) is 0 Å². The highest BCUT2D eigenvalue weighted by Gasteiger charge is 2.20. The van der Waals surface area contributed by atoms with E-state index in [1.54, 1.807) is 16.8 Å². The molecule has 0 radical (unpaired) electrons. The smallest absolute Gasteiger partial charge is 0.174 e. The molecule has 2 rings (SSSR count). The van der Waals surface area contributed by atoms with Gasteiger partial charge in [-0.1, -0.05) is 29.5 Å². The minimum Gasteiger partial charge on any atom is -0.328 e. The van der Waals surface area contributed by atoms with Gasteiger partial charge in [-0.25, -0.2) is 0 Å². The van der Waals surface area contributed by atoms with Gasteiger partial charge in [-0.2, -0.15) is 0 Å². The van der Waals surface area contributed by atoms with Crippen LogP contribution in [-0.4, -0.2) is 21.5 Å². The van der Waals surface area contributed by atoms with Crippen molar-refractivity contribution in [3.63, 3.8) is 0 Å². The van der Waals surface area contributed by atoms with Crippen molar-refractivity contribution in [2.75, 3.05) is 0 Å². The van der Waals surface area contributed by atoms with Crippen LogP contribution in [0.1, 0.15) is 25.7 Å². The summed E-state index contributed by atoms with van der Waals surface area (Å²) in [6.07, 6.45) is 4.85. The summed E-state index contributed by atoms with van der Waals surface area (Å²) in [5, 5.41) is 8.51. The number of hydrogen-bond donors (Lipinski definition) is 1. The Hall–Kier alpha value is -0.130. The standard InChI is InChI=1S/C8H13N3S2/c9-6-2-1-3-7(4-6)13-8-11-10-5-12-8/h5-7H,1-4,9H2. The highest BCUT2D eigenvalue weighted by Crippen LogP contribution is 2.33. The minimum absolute atomic E-state index is 0.402. The molecule has 5 heteroatoms. The molecule has 0 spiro atoms. The average Bonchev–Trinajstić information content (AvgIpc) is 2.57. The molecule has 1 aliphatic rings. The van der Waals surface area contributed by atoms with E-state index < -0.39 is 0 Å². The highest BCUT2D eigenvalue weighted by molar-refractivity contribution is 8.01. The van der Waals surface area contributed by atoms with E-state index >= 15 is 0 Å². The molecule has 0 aliphatic heterocycles. The first-order valence-corrected chi connectivity index (χ1v) is 6.29. The molecule has 1 aliphatic carbocycles. The van der Waals surface area contributed by atoms with Gasteiger partial charge in [0, 0.05) is 11.3 Å². The lowest BCUT2D eigenvalue weighted by Crippen LogP contribution is -2.29. The lowest BCUT2D eigenvalue weighted by molar-refractivity contribution is 0.451. The van der Waals surface area contributed by atoms with Gasteiger partial charge < -0.3 is 5.73 Å². The van der Waals surface area contributed by atoms with Crippen molar-refractivity contribution < 1.29 is 0 Å². The SMILES string of the molecule is NC1CCCC(Sc2nncs2)C1. The second kappa shape index (κ2) is 4.39. The molecule has 13 heavy (non-hydrogen) atoms. The minimum atomic E-state index is 0.402. The van der Waals surface area contributed by atoms with Crippen LogP contribution in [0.25, 0.3) is 0 Å². The van der Waals surface area contributed by atoms with Gasteiger partial charge >= 0.3 is 0 Å². The van der Waals surface area contributed by atoms with Gasteiger partial charge in [0.25, 0.3) is 0 Å². The van der Waals surface area contributed by atoms with Gasteiger partial charge in [0.05, 0.1) is 0 Å². The molecule has 1 aromatic heterocycles. The molecule has 3 nitrogen and oxygen atoms in total. The molecule has 2 atom stereocenters. The van der Waals surface area contributed by atoms with Gasteiger partial charge in [0.2, 0.25) is 0 Å². The third-order valence-corrected chi connectivity index (χ3v) is 4.38. The first-order valence-electron chi connectivity index (χ1n) is 4.53. The zero-order chi connectivity index (χ0) is 9.10. The maximum Gasteiger partial charge on any atom is 0.174 e. The van der Waals surface area contributed by atoms with Crippen LogP contribution in [0.2, 0.25) is 0 Å². The third kappa shape index (κ3) is 2.65. The van der Waals surface area contributed by atoms with Crippen LogP contribution in [0.3, 0.4) is 0 Å². The Labute approximate surface area is 86.1 Å². The molecule has 1 fully saturated rings. The normalized spacial score (nSPS) is 29.0. The molecule has 2 N–H and O–H groups in total. The monoisotopic (exact) mass is 215 g/mol. The fraction of sp³-hybridized carbons (Fsp3) is 0.750. The fourth-order valence-corrected chi connectivity index (χ4v) is 3.69. The molecule has 0 aromatic carbocycles. The molecular weight excluding hydrogens is 202 g/mol. The van der Waals surface area contributed by atoms with E-state index in [1.165, 1.54) is 19.3 Å². The quantitative estimate of drug-likeness (QED) is 0.818. The van der Waals surface area contributed by atoms with Crippen molar-refractivity contribution in [1.29, 1.82) is 0 Å². The van der Waals surface area contributed by atoms with E-state index in [2.05, 4.69) is 10.2 Å². The molecule has 0 amide bonds. The Morgan fingerprint density at radius 2 is 2.46 bits per heavy atom. The number of aromatic nitrogens is 2. The molecule has 1 saturated carbocycles. The van der Waals surface area contributed by atoms with Crippen molar-refractivity contribution in [3.05, 3.63) is 5.51 Å². The molecular formula is C8H13N3S2. The summed E-state index contributed by atoms with van der Waals surface area (Å²) in [4.78, 5) is 0. The zero-order valence-corrected chi connectivity index (χ0v) is 8.98. The second-order valence-corrected chi connectivity index (χ2v) is 5.75. The van der Waals surface area contributed by atoms with Gasteiger partial charge in [-0.05, 0) is 19.3 Å². The van der Waals surface area contributed by atoms with Crippen LogP contribution in [0, 0.1) is 0 Å². The molecule has 2 unspecified atom stereocenters. The zero-order valence-electron chi connectivity index (χ0n) is 7.35. The van der Waals surface area contributed by atoms with Gasteiger partial charge in [-0.15, -0.1) is 10.2 Å². The van der Waals surface area contributed by atoms with Crippen molar-refractivity contribution in [2.24, 2.45) is 5.73 Å². The first-order chi connectivity index (χ1) is 6.34. The maximum absolute atomic E-state index is 5.91. The van der Waals surface area contributed by atoms with Crippen LogP contribution in [-0.2, 0) is 0 Å². The lowest BCUT2D eigenvalue weighted by atomic mass is 9.96. The largest absolute Gasteiger partial charge is 0.328 e. The van der Waals surface area contributed by atoms with E-state index in [4.69, 9.17) is 5.73 Å². The van der Waals surface area contributed by atoms with E-state index in [0.717, 1.165) is 10.8 Å². The Balaban J connectivity index is 1.87. The van der Waals surface area contributed by atoms with Crippen molar-refractivity contribution >= 4 is 23.1 Å². The van der Waals surface area contributed by atoms with Crippen LogP contribution in [0.15, 0.2) is 9.85 Å². The van der Waals surface area contributed by atoms with E-state index in [0.29, 0.717) is 11.3 Å². The van der Waals surface area contributed by atoms with Crippen LogP contribution < -0.4 is 5.73 Å². The summed E-state index contributed by atoms with van der Waals surface area (Å²) in [7, 11) is 0. The number of nitrogens with two attached hydrogens (primary N) is 1. The Morgan fingerprint density at radius 1 is 1.54 bits per heavy atom. The highest BCUT2D eigenvalue weighted by atomic mass is 32.2. The van der Waals surface area contributed by atoms with Crippen LogP contribution >= 0.6 is 23.1 Å². The summed E-state index contributed by atoms with van der Waals surface area (Å²) in [5.41, 5.74) is 7.69. The topological polar surface area (TPSA) is 51.8 Å². The number of hydrogen-bond acceptors (Lipinski definition) is 5. The summed E-state index contributed by atoms with van der Waals surface area (Å²) in [6, 6.07) is 0.402. The Kier molecular flexibility index (Phi) is 3.18. The van der Waals surface area contributed by atoms with Gasteiger partial charge in [0.1, 0.15) is 5.51 Å². The average molecular weight is 215 g/mol. The molecule has 72 valence electrons. The summed E-state index contributed by atoms with van der Waals surface area (Å²) in [6.45, 7) is 0. The second-order valence-electron chi connectivity index (χ2n) is 3.37. The van der Waals surface area contributed by atoms with Crippen molar-refractivity contribution in [1.82, 2.24) is 10.2 Å².